The molecule has 0 aliphatic heterocycles. The molecule has 0 bridgehead atoms. The van der Waals surface area contributed by atoms with Gasteiger partial charge in [0.25, 0.3) is 0 Å². The number of aryl methyl sites for hydroxylation is 1. The molecule has 0 radical (unpaired) electrons. The van der Waals surface area contributed by atoms with E-state index in [2.05, 4.69) is 4.98 Å². The average molecular weight is 177 g/mol. The molecule has 3 heteroatoms. The van der Waals surface area contributed by atoms with Crippen molar-refractivity contribution in [1.29, 1.82) is 0 Å². The largest absolute Gasteiger partial charge is 0.459 e. The number of furan rings is 1. The predicted octanol–water partition coefficient (Wildman–Crippen LogP) is 1.67. The summed E-state index contributed by atoms with van der Waals surface area (Å²) in [5.74, 6) is 0.788. The van der Waals surface area contributed by atoms with Crippen LogP contribution in [-0.4, -0.2) is 16.7 Å². The van der Waals surface area contributed by atoms with Gasteiger partial charge in [0.1, 0.15) is 11.3 Å². The molecule has 0 atom stereocenters. The second-order valence-electron chi connectivity index (χ2n) is 3.02. The summed E-state index contributed by atoms with van der Waals surface area (Å²) in [4.78, 5) is 4.30. The third-order valence-corrected chi connectivity index (χ3v) is 1.92. The number of aromatic nitrogens is 1. The number of fused-ring (bicyclic) bond motifs is 1. The van der Waals surface area contributed by atoms with Crippen molar-refractivity contribution in [2.45, 2.75) is 13.3 Å². The van der Waals surface area contributed by atoms with Crippen LogP contribution in [0.4, 0.5) is 0 Å². The van der Waals surface area contributed by atoms with Gasteiger partial charge < -0.3 is 9.52 Å². The van der Waals surface area contributed by atoms with Gasteiger partial charge in [0.2, 0.25) is 0 Å². The van der Waals surface area contributed by atoms with Crippen LogP contribution in [0.1, 0.15) is 11.5 Å². The minimum absolute atomic E-state index is 0.110. The van der Waals surface area contributed by atoms with Gasteiger partial charge in [-0.05, 0) is 19.1 Å². The Morgan fingerprint density at radius 1 is 1.46 bits per heavy atom. The Bertz CT molecular complexity index is 420. The maximum Gasteiger partial charge on any atom is 0.152 e. The van der Waals surface area contributed by atoms with Crippen molar-refractivity contribution in [3.63, 3.8) is 0 Å². The number of aliphatic hydroxyl groups is 1. The molecule has 68 valence electrons. The Balaban J connectivity index is 2.49. The molecule has 0 aliphatic rings. The maximum absolute atomic E-state index is 8.72. The molecular formula is C10H11NO2. The molecule has 3 nitrogen and oxygen atoms in total. The fraction of sp³-hybridized carbons (Fsp3) is 0.300. The molecule has 13 heavy (non-hydrogen) atoms. The number of rotatable bonds is 2. The summed E-state index contributed by atoms with van der Waals surface area (Å²) in [6.07, 6.45) is 0.551. The highest BCUT2D eigenvalue weighted by molar-refractivity contribution is 5.73. The standard InChI is InChI=1S/C10H11NO2/c1-7-2-3-10-9(11-7)6-8(13-10)4-5-12/h2-3,6,12H,4-5H2,1H3. The molecule has 2 rings (SSSR count). The Hall–Kier alpha value is -1.35. The van der Waals surface area contributed by atoms with Crippen LogP contribution in [0.5, 0.6) is 0 Å². The summed E-state index contributed by atoms with van der Waals surface area (Å²) in [6.45, 7) is 2.05. The van der Waals surface area contributed by atoms with Crippen molar-refractivity contribution in [2.75, 3.05) is 6.61 Å². The second kappa shape index (κ2) is 3.18. The van der Waals surface area contributed by atoms with Gasteiger partial charge in [0.05, 0.1) is 6.61 Å². The van der Waals surface area contributed by atoms with E-state index in [0.29, 0.717) is 6.42 Å². The van der Waals surface area contributed by atoms with E-state index in [4.69, 9.17) is 9.52 Å². The van der Waals surface area contributed by atoms with E-state index in [0.717, 1.165) is 22.6 Å². The number of hydrogen-bond donors (Lipinski definition) is 1. The lowest BCUT2D eigenvalue weighted by atomic mass is 10.3. The van der Waals surface area contributed by atoms with Gasteiger partial charge in [-0.2, -0.15) is 0 Å². The average Bonchev–Trinajstić information content (AvgIpc) is 2.46. The molecule has 0 aromatic carbocycles. The Kier molecular flexibility index (Phi) is 2.02. The number of aliphatic hydroxyl groups excluding tert-OH is 1. The lowest BCUT2D eigenvalue weighted by molar-refractivity contribution is 0.289. The molecule has 2 aromatic heterocycles. The minimum Gasteiger partial charge on any atom is -0.459 e. The van der Waals surface area contributed by atoms with E-state index in [1.165, 1.54) is 0 Å². The van der Waals surface area contributed by atoms with Crippen LogP contribution < -0.4 is 0 Å². The fourth-order valence-corrected chi connectivity index (χ4v) is 1.31. The third-order valence-electron chi connectivity index (χ3n) is 1.92. The zero-order valence-corrected chi connectivity index (χ0v) is 7.45. The van der Waals surface area contributed by atoms with Gasteiger partial charge in [-0.15, -0.1) is 0 Å². The molecule has 0 amide bonds. The van der Waals surface area contributed by atoms with Crippen LogP contribution in [0.3, 0.4) is 0 Å². The number of hydrogen-bond acceptors (Lipinski definition) is 3. The van der Waals surface area contributed by atoms with Gasteiger partial charge in [-0.3, -0.25) is 0 Å². The van der Waals surface area contributed by atoms with Gasteiger partial charge >= 0.3 is 0 Å². The monoisotopic (exact) mass is 177 g/mol. The van der Waals surface area contributed by atoms with Crippen LogP contribution in [0.15, 0.2) is 22.6 Å². The SMILES string of the molecule is Cc1ccc2oc(CCO)cc2n1. The lowest BCUT2D eigenvalue weighted by Gasteiger charge is -1.89. The van der Waals surface area contributed by atoms with Gasteiger partial charge in [0, 0.05) is 18.2 Å². The lowest BCUT2D eigenvalue weighted by Crippen LogP contribution is -1.85. The molecule has 0 unspecified atom stereocenters. The quantitative estimate of drug-likeness (QED) is 0.759. The van der Waals surface area contributed by atoms with Crippen LogP contribution in [0, 0.1) is 6.92 Å². The number of nitrogens with zero attached hydrogens (tertiary/aromatic N) is 1. The van der Waals surface area contributed by atoms with Crippen molar-refractivity contribution in [3.05, 3.63) is 29.7 Å². The second-order valence-corrected chi connectivity index (χ2v) is 3.02. The molecule has 0 saturated carbocycles. The fourth-order valence-electron chi connectivity index (χ4n) is 1.31. The van der Waals surface area contributed by atoms with Gasteiger partial charge in [-0.1, -0.05) is 0 Å². The highest BCUT2D eigenvalue weighted by atomic mass is 16.3. The topological polar surface area (TPSA) is 46.3 Å². The normalized spacial score (nSPS) is 10.9. The summed E-state index contributed by atoms with van der Waals surface area (Å²) < 4.78 is 5.44. The molecule has 0 spiro atoms. The van der Waals surface area contributed by atoms with Gasteiger partial charge in [-0.25, -0.2) is 4.98 Å². The summed E-state index contributed by atoms with van der Waals surface area (Å²) in [5, 5.41) is 8.72. The first-order valence-corrected chi connectivity index (χ1v) is 4.26. The van der Waals surface area contributed by atoms with E-state index in [-0.39, 0.29) is 6.61 Å². The Labute approximate surface area is 76.0 Å². The third kappa shape index (κ3) is 1.55. The van der Waals surface area contributed by atoms with Crippen LogP contribution in [0.2, 0.25) is 0 Å². The minimum atomic E-state index is 0.110. The van der Waals surface area contributed by atoms with E-state index in [9.17, 15) is 0 Å². The molecule has 0 fully saturated rings. The first-order chi connectivity index (χ1) is 6.29. The zero-order valence-electron chi connectivity index (χ0n) is 7.45. The molecule has 1 N–H and O–H groups in total. The van der Waals surface area contributed by atoms with Crippen molar-refractivity contribution in [3.8, 4) is 0 Å². The number of pyridine rings is 1. The van der Waals surface area contributed by atoms with Crippen molar-refractivity contribution in [1.82, 2.24) is 4.98 Å². The van der Waals surface area contributed by atoms with E-state index in [1.54, 1.807) is 0 Å². The molecule has 2 heterocycles. The summed E-state index contributed by atoms with van der Waals surface area (Å²) in [7, 11) is 0. The first-order valence-electron chi connectivity index (χ1n) is 4.26. The summed E-state index contributed by atoms with van der Waals surface area (Å²) >= 11 is 0. The van der Waals surface area contributed by atoms with Crippen LogP contribution in [0.25, 0.3) is 11.1 Å². The smallest absolute Gasteiger partial charge is 0.152 e. The van der Waals surface area contributed by atoms with Crippen LogP contribution in [-0.2, 0) is 6.42 Å². The predicted molar refractivity (Wildman–Crippen MR) is 49.5 cm³/mol. The van der Waals surface area contributed by atoms with E-state index >= 15 is 0 Å². The van der Waals surface area contributed by atoms with Crippen molar-refractivity contribution in [2.24, 2.45) is 0 Å². The highest BCUT2D eigenvalue weighted by Gasteiger charge is 2.03. The highest BCUT2D eigenvalue weighted by Crippen LogP contribution is 2.17. The summed E-state index contributed by atoms with van der Waals surface area (Å²) in [6, 6.07) is 5.69. The van der Waals surface area contributed by atoms with Crippen molar-refractivity contribution < 1.29 is 9.52 Å². The van der Waals surface area contributed by atoms with E-state index < -0.39 is 0 Å². The zero-order chi connectivity index (χ0) is 9.26. The first kappa shape index (κ1) is 8.26. The molecule has 2 aromatic rings. The van der Waals surface area contributed by atoms with Crippen LogP contribution >= 0.6 is 0 Å². The van der Waals surface area contributed by atoms with E-state index in [1.807, 2.05) is 25.1 Å². The van der Waals surface area contributed by atoms with Crippen molar-refractivity contribution >= 4 is 11.1 Å². The Morgan fingerprint density at radius 2 is 2.31 bits per heavy atom. The maximum atomic E-state index is 8.72. The van der Waals surface area contributed by atoms with Gasteiger partial charge in [0.15, 0.2) is 5.58 Å². The Morgan fingerprint density at radius 3 is 3.08 bits per heavy atom. The molecule has 0 saturated heterocycles. The molecule has 0 aliphatic carbocycles. The summed E-state index contributed by atoms with van der Waals surface area (Å²) in [5.41, 5.74) is 2.63. The molecular weight excluding hydrogens is 166 g/mol.